The monoisotopic (exact) mass is 313 g/mol. The standard InChI is InChI=1S/C14H20BrNO2/c1-3-10-4-5-16(8-10)9-11-6-12(15)14(17)13(7-11)18-2/h6-7,10,17H,3-5,8-9H2,1-2H3. The summed E-state index contributed by atoms with van der Waals surface area (Å²) in [6.07, 6.45) is 2.56. The number of aromatic hydroxyl groups is 1. The van der Waals surface area contributed by atoms with Gasteiger partial charge < -0.3 is 9.84 Å². The summed E-state index contributed by atoms with van der Waals surface area (Å²) in [7, 11) is 1.58. The van der Waals surface area contributed by atoms with Crippen molar-refractivity contribution in [2.45, 2.75) is 26.3 Å². The zero-order chi connectivity index (χ0) is 13.1. The average molecular weight is 314 g/mol. The highest BCUT2D eigenvalue weighted by Crippen LogP contribution is 2.35. The first-order valence-electron chi connectivity index (χ1n) is 6.41. The molecule has 1 heterocycles. The number of hydrogen-bond donors (Lipinski definition) is 1. The lowest BCUT2D eigenvalue weighted by atomic mass is 10.1. The number of methoxy groups -OCH3 is 1. The summed E-state index contributed by atoms with van der Waals surface area (Å²) >= 11 is 3.36. The minimum atomic E-state index is 0.175. The van der Waals surface area contributed by atoms with Crippen LogP contribution in [0.5, 0.6) is 11.5 Å². The lowest BCUT2D eigenvalue weighted by Gasteiger charge is -2.17. The predicted octanol–water partition coefficient (Wildman–Crippen LogP) is 3.40. The van der Waals surface area contributed by atoms with Crippen LogP contribution in [-0.2, 0) is 6.54 Å². The van der Waals surface area contributed by atoms with E-state index >= 15 is 0 Å². The van der Waals surface area contributed by atoms with Crippen LogP contribution in [0, 0.1) is 5.92 Å². The average Bonchev–Trinajstić information content (AvgIpc) is 2.81. The number of phenolic OH excluding ortho intramolecular Hbond substituents is 1. The summed E-state index contributed by atoms with van der Waals surface area (Å²) < 4.78 is 5.87. The highest BCUT2D eigenvalue weighted by molar-refractivity contribution is 9.10. The zero-order valence-electron chi connectivity index (χ0n) is 10.9. The number of likely N-dealkylation sites (tertiary alicyclic amines) is 1. The molecule has 0 saturated carbocycles. The molecule has 1 aromatic carbocycles. The first-order chi connectivity index (χ1) is 8.63. The van der Waals surface area contributed by atoms with Crippen LogP contribution in [0.4, 0.5) is 0 Å². The van der Waals surface area contributed by atoms with Crippen molar-refractivity contribution in [2.24, 2.45) is 5.92 Å². The van der Waals surface area contributed by atoms with Gasteiger partial charge in [0.1, 0.15) is 0 Å². The lowest BCUT2D eigenvalue weighted by Crippen LogP contribution is -2.20. The van der Waals surface area contributed by atoms with Gasteiger partial charge in [-0.1, -0.05) is 13.3 Å². The summed E-state index contributed by atoms with van der Waals surface area (Å²) in [6, 6.07) is 3.89. The molecule has 0 aliphatic carbocycles. The molecule has 0 aromatic heterocycles. The number of benzene rings is 1. The largest absolute Gasteiger partial charge is 0.503 e. The number of ether oxygens (including phenoxy) is 1. The molecule has 1 saturated heterocycles. The van der Waals surface area contributed by atoms with Crippen molar-refractivity contribution >= 4 is 15.9 Å². The molecule has 3 nitrogen and oxygen atoms in total. The SMILES string of the molecule is CCC1CCN(Cc2cc(Br)c(O)c(OC)c2)C1. The molecular weight excluding hydrogens is 294 g/mol. The summed E-state index contributed by atoms with van der Waals surface area (Å²) in [6.45, 7) is 5.52. The molecule has 1 N–H and O–H groups in total. The van der Waals surface area contributed by atoms with Gasteiger partial charge in [-0.3, -0.25) is 4.90 Å². The summed E-state index contributed by atoms with van der Waals surface area (Å²) in [4.78, 5) is 2.46. The van der Waals surface area contributed by atoms with Crippen molar-refractivity contribution in [3.63, 3.8) is 0 Å². The Morgan fingerprint density at radius 1 is 1.50 bits per heavy atom. The second-order valence-corrected chi connectivity index (χ2v) is 5.78. The number of halogens is 1. The van der Waals surface area contributed by atoms with E-state index in [2.05, 4.69) is 27.8 Å². The molecular formula is C14H20BrNO2. The summed E-state index contributed by atoms with van der Waals surface area (Å²) in [5.74, 6) is 1.55. The minimum absolute atomic E-state index is 0.175. The highest BCUT2D eigenvalue weighted by atomic mass is 79.9. The number of hydrogen-bond acceptors (Lipinski definition) is 3. The smallest absolute Gasteiger partial charge is 0.172 e. The fourth-order valence-electron chi connectivity index (χ4n) is 2.52. The Morgan fingerprint density at radius 2 is 2.28 bits per heavy atom. The van der Waals surface area contributed by atoms with Crippen LogP contribution < -0.4 is 4.74 Å². The summed E-state index contributed by atoms with van der Waals surface area (Å²) in [5, 5.41) is 9.78. The predicted molar refractivity (Wildman–Crippen MR) is 76.0 cm³/mol. The Kier molecular flexibility index (Phi) is 4.51. The normalized spacial score (nSPS) is 20.3. The topological polar surface area (TPSA) is 32.7 Å². The van der Waals surface area contributed by atoms with E-state index in [0.717, 1.165) is 12.5 Å². The van der Waals surface area contributed by atoms with Gasteiger partial charge >= 0.3 is 0 Å². The van der Waals surface area contributed by atoms with E-state index in [1.807, 2.05) is 12.1 Å². The molecule has 4 heteroatoms. The Bertz CT molecular complexity index is 423. The van der Waals surface area contributed by atoms with Gasteiger partial charge in [-0.25, -0.2) is 0 Å². The maximum Gasteiger partial charge on any atom is 0.172 e. The van der Waals surface area contributed by atoms with Gasteiger partial charge in [0.05, 0.1) is 11.6 Å². The molecule has 2 rings (SSSR count). The zero-order valence-corrected chi connectivity index (χ0v) is 12.5. The third kappa shape index (κ3) is 2.98. The molecule has 0 radical (unpaired) electrons. The Morgan fingerprint density at radius 3 is 2.89 bits per heavy atom. The molecule has 18 heavy (non-hydrogen) atoms. The van der Waals surface area contributed by atoms with Crippen LogP contribution in [0.15, 0.2) is 16.6 Å². The van der Waals surface area contributed by atoms with Gasteiger partial charge in [0.25, 0.3) is 0 Å². The van der Waals surface area contributed by atoms with Crippen LogP contribution in [0.1, 0.15) is 25.3 Å². The fourth-order valence-corrected chi connectivity index (χ4v) is 3.01. The first kappa shape index (κ1) is 13.7. The molecule has 0 spiro atoms. The van der Waals surface area contributed by atoms with E-state index in [1.165, 1.54) is 31.5 Å². The van der Waals surface area contributed by atoms with E-state index in [-0.39, 0.29) is 5.75 Å². The lowest BCUT2D eigenvalue weighted by molar-refractivity contribution is 0.313. The Balaban J connectivity index is 2.08. The number of rotatable bonds is 4. The van der Waals surface area contributed by atoms with Gasteiger partial charge in [-0.05, 0) is 52.5 Å². The quantitative estimate of drug-likeness (QED) is 0.924. The van der Waals surface area contributed by atoms with E-state index in [4.69, 9.17) is 4.74 Å². The van der Waals surface area contributed by atoms with E-state index < -0.39 is 0 Å². The van der Waals surface area contributed by atoms with Crippen LogP contribution in [0.3, 0.4) is 0 Å². The maximum absolute atomic E-state index is 9.78. The van der Waals surface area contributed by atoms with Crippen LogP contribution in [-0.4, -0.2) is 30.2 Å². The molecule has 1 aliphatic rings. The summed E-state index contributed by atoms with van der Waals surface area (Å²) in [5.41, 5.74) is 1.17. The molecule has 100 valence electrons. The van der Waals surface area contributed by atoms with Crippen LogP contribution in [0.25, 0.3) is 0 Å². The van der Waals surface area contributed by atoms with E-state index in [9.17, 15) is 5.11 Å². The van der Waals surface area contributed by atoms with Gasteiger partial charge in [0, 0.05) is 13.1 Å². The van der Waals surface area contributed by atoms with Crippen molar-refractivity contribution in [1.29, 1.82) is 0 Å². The van der Waals surface area contributed by atoms with E-state index in [1.54, 1.807) is 7.11 Å². The third-order valence-corrected chi connectivity index (χ3v) is 4.27. The molecule has 0 bridgehead atoms. The second-order valence-electron chi connectivity index (χ2n) is 4.93. The first-order valence-corrected chi connectivity index (χ1v) is 7.21. The third-order valence-electron chi connectivity index (χ3n) is 3.66. The van der Waals surface area contributed by atoms with Gasteiger partial charge in [-0.15, -0.1) is 0 Å². The molecule has 1 aromatic rings. The van der Waals surface area contributed by atoms with Gasteiger partial charge in [-0.2, -0.15) is 0 Å². The molecule has 1 atom stereocenters. The van der Waals surface area contributed by atoms with Crippen LogP contribution >= 0.6 is 15.9 Å². The van der Waals surface area contributed by atoms with E-state index in [0.29, 0.717) is 10.2 Å². The van der Waals surface area contributed by atoms with Gasteiger partial charge in [0.15, 0.2) is 11.5 Å². The maximum atomic E-state index is 9.78. The van der Waals surface area contributed by atoms with Crippen molar-refractivity contribution < 1.29 is 9.84 Å². The highest BCUT2D eigenvalue weighted by Gasteiger charge is 2.21. The van der Waals surface area contributed by atoms with Gasteiger partial charge in [0.2, 0.25) is 0 Å². The molecule has 0 amide bonds. The van der Waals surface area contributed by atoms with Crippen LogP contribution in [0.2, 0.25) is 0 Å². The minimum Gasteiger partial charge on any atom is -0.503 e. The van der Waals surface area contributed by atoms with Crippen molar-refractivity contribution in [3.8, 4) is 11.5 Å². The molecule has 1 aliphatic heterocycles. The van der Waals surface area contributed by atoms with Crippen molar-refractivity contribution in [3.05, 3.63) is 22.2 Å². The molecule has 1 fully saturated rings. The molecule has 1 unspecified atom stereocenters. The Labute approximate surface area is 117 Å². The fraction of sp³-hybridized carbons (Fsp3) is 0.571. The van der Waals surface area contributed by atoms with Crippen molar-refractivity contribution in [2.75, 3.05) is 20.2 Å². The van der Waals surface area contributed by atoms with Crippen molar-refractivity contribution in [1.82, 2.24) is 4.90 Å². The number of nitrogens with zero attached hydrogens (tertiary/aromatic N) is 1. The second kappa shape index (κ2) is 5.93. The number of phenols is 1. The Hall–Kier alpha value is -0.740.